The highest BCUT2D eigenvalue weighted by Gasteiger charge is 2.36. The molecule has 4 rings (SSSR count). The highest BCUT2D eigenvalue weighted by atomic mass is 16.5. The average molecular weight is 391 g/mol. The highest BCUT2D eigenvalue weighted by molar-refractivity contribution is 5.97. The Balaban J connectivity index is 1.60. The van der Waals surface area contributed by atoms with E-state index in [1.54, 1.807) is 0 Å². The molecular formula is C23H25N3O3. The fourth-order valence-electron chi connectivity index (χ4n) is 4.13. The van der Waals surface area contributed by atoms with Crippen LogP contribution in [0.1, 0.15) is 41.8 Å². The molecule has 2 heterocycles. The van der Waals surface area contributed by atoms with Gasteiger partial charge >= 0.3 is 0 Å². The van der Waals surface area contributed by atoms with E-state index in [4.69, 9.17) is 9.26 Å². The number of ether oxygens (including phenoxy) is 1. The molecule has 150 valence electrons. The third kappa shape index (κ3) is 3.62. The molecule has 1 aliphatic heterocycles. The van der Waals surface area contributed by atoms with Gasteiger partial charge in [-0.25, -0.2) is 0 Å². The van der Waals surface area contributed by atoms with Gasteiger partial charge in [-0.2, -0.15) is 4.98 Å². The lowest BCUT2D eigenvalue weighted by Crippen LogP contribution is -2.26. The average Bonchev–Trinajstić information content (AvgIpc) is 3.29. The summed E-state index contributed by atoms with van der Waals surface area (Å²) in [4.78, 5) is 19.2. The SMILES string of the molecule is CCOc1ccccc1-c1noc(C2CC(=O)N(c3c(C)cc(C)cc3C)C2)n1. The molecule has 1 aromatic heterocycles. The zero-order chi connectivity index (χ0) is 20.5. The Labute approximate surface area is 170 Å². The second kappa shape index (κ2) is 7.70. The van der Waals surface area contributed by atoms with E-state index in [0.717, 1.165) is 28.1 Å². The summed E-state index contributed by atoms with van der Waals surface area (Å²) in [6, 6.07) is 11.8. The van der Waals surface area contributed by atoms with Crippen molar-refractivity contribution in [3.05, 3.63) is 59.0 Å². The van der Waals surface area contributed by atoms with Crippen LogP contribution in [0.2, 0.25) is 0 Å². The molecule has 1 saturated heterocycles. The Kier molecular flexibility index (Phi) is 5.09. The maximum Gasteiger partial charge on any atom is 0.232 e. The second-order valence-corrected chi connectivity index (χ2v) is 7.54. The molecule has 0 radical (unpaired) electrons. The molecule has 3 aromatic rings. The van der Waals surface area contributed by atoms with Crippen LogP contribution in [0.5, 0.6) is 5.75 Å². The summed E-state index contributed by atoms with van der Waals surface area (Å²) in [7, 11) is 0. The van der Waals surface area contributed by atoms with Crippen molar-refractivity contribution in [1.82, 2.24) is 10.1 Å². The van der Waals surface area contributed by atoms with Crippen LogP contribution in [0, 0.1) is 20.8 Å². The van der Waals surface area contributed by atoms with Gasteiger partial charge in [0.1, 0.15) is 5.75 Å². The molecule has 1 aliphatic rings. The normalized spacial score (nSPS) is 16.5. The lowest BCUT2D eigenvalue weighted by Gasteiger charge is -2.21. The summed E-state index contributed by atoms with van der Waals surface area (Å²) in [5.74, 6) is 1.65. The number of aromatic nitrogens is 2. The van der Waals surface area contributed by atoms with Gasteiger partial charge in [-0.15, -0.1) is 0 Å². The number of benzene rings is 2. The molecule has 0 N–H and O–H groups in total. The fraction of sp³-hybridized carbons (Fsp3) is 0.348. The number of rotatable bonds is 5. The van der Waals surface area contributed by atoms with Crippen molar-refractivity contribution in [3.63, 3.8) is 0 Å². The van der Waals surface area contributed by atoms with E-state index >= 15 is 0 Å². The van der Waals surface area contributed by atoms with Crippen molar-refractivity contribution in [2.45, 2.75) is 40.0 Å². The number of aryl methyl sites for hydroxylation is 3. The first-order valence-electron chi connectivity index (χ1n) is 9.92. The predicted molar refractivity (Wildman–Crippen MR) is 111 cm³/mol. The molecule has 0 saturated carbocycles. The van der Waals surface area contributed by atoms with Crippen LogP contribution in [0.4, 0.5) is 5.69 Å². The van der Waals surface area contributed by atoms with Crippen LogP contribution < -0.4 is 9.64 Å². The molecule has 6 nitrogen and oxygen atoms in total. The van der Waals surface area contributed by atoms with Crippen LogP contribution >= 0.6 is 0 Å². The Morgan fingerprint density at radius 3 is 2.62 bits per heavy atom. The van der Waals surface area contributed by atoms with Gasteiger partial charge in [0.15, 0.2) is 0 Å². The predicted octanol–water partition coefficient (Wildman–Crippen LogP) is 4.58. The second-order valence-electron chi connectivity index (χ2n) is 7.54. The summed E-state index contributed by atoms with van der Waals surface area (Å²) in [6.07, 6.45) is 0.363. The van der Waals surface area contributed by atoms with Crippen molar-refractivity contribution in [1.29, 1.82) is 0 Å². The van der Waals surface area contributed by atoms with Gasteiger partial charge < -0.3 is 14.2 Å². The Morgan fingerprint density at radius 2 is 1.90 bits per heavy atom. The Morgan fingerprint density at radius 1 is 1.17 bits per heavy atom. The first-order chi connectivity index (χ1) is 14.0. The zero-order valence-electron chi connectivity index (χ0n) is 17.2. The van der Waals surface area contributed by atoms with E-state index in [0.29, 0.717) is 31.3 Å². The molecule has 1 atom stereocenters. The quantitative estimate of drug-likeness (QED) is 0.637. The van der Waals surface area contributed by atoms with Gasteiger partial charge in [0, 0.05) is 18.7 Å². The fourth-order valence-corrected chi connectivity index (χ4v) is 4.13. The topological polar surface area (TPSA) is 68.5 Å². The molecule has 1 fully saturated rings. The smallest absolute Gasteiger partial charge is 0.232 e. The number of hydrogen-bond acceptors (Lipinski definition) is 5. The van der Waals surface area contributed by atoms with Gasteiger partial charge in [0.25, 0.3) is 0 Å². The maximum atomic E-state index is 12.8. The van der Waals surface area contributed by atoms with E-state index in [2.05, 4.69) is 29.2 Å². The molecule has 29 heavy (non-hydrogen) atoms. The van der Waals surface area contributed by atoms with E-state index in [1.807, 2.05) is 49.9 Å². The van der Waals surface area contributed by atoms with E-state index in [1.165, 1.54) is 5.56 Å². The lowest BCUT2D eigenvalue weighted by molar-refractivity contribution is -0.117. The first kappa shape index (κ1) is 19.2. The standard InChI is InChI=1S/C23H25N3O3/c1-5-28-19-9-7-6-8-18(19)22-24-23(29-25-22)17-12-20(27)26(13-17)21-15(3)10-14(2)11-16(21)4/h6-11,17H,5,12-13H2,1-4H3. The van der Waals surface area contributed by atoms with E-state index < -0.39 is 0 Å². The van der Waals surface area contributed by atoms with E-state index in [-0.39, 0.29) is 11.8 Å². The van der Waals surface area contributed by atoms with E-state index in [9.17, 15) is 4.79 Å². The Bertz CT molecular complexity index is 1030. The highest BCUT2D eigenvalue weighted by Crippen LogP contribution is 2.36. The zero-order valence-corrected chi connectivity index (χ0v) is 17.2. The number of amides is 1. The summed E-state index contributed by atoms with van der Waals surface area (Å²) in [6.45, 7) is 9.20. The van der Waals surface area contributed by atoms with Gasteiger partial charge in [-0.05, 0) is 51.0 Å². The van der Waals surface area contributed by atoms with Gasteiger partial charge in [0.2, 0.25) is 17.6 Å². The molecule has 6 heteroatoms. The van der Waals surface area contributed by atoms with Gasteiger partial charge in [0.05, 0.1) is 18.1 Å². The van der Waals surface area contributed by atoms with Crippen LogP contribution in [-0.2, 0) is 4.79 Å². The van der Waals surface area contributed by atoms with Crippen molar-refractivity contribution >= 4 is 11.6 Å². The molecular weight excluding hydrogens is 366 g/mol. The van der Waals surface area contributed by atoms with Gasteiger partial charge in [-0.1, -0.05) is 35.0 Å². The summed E-state index contributed by atoms with van der Waals surface area (Å²) < 4.78 is 11.2. The number of para-hydroxylation sites is 1. The largest absolute Gasteiger partial charge is 0.493 e. The lowest BCUT2D eigenvalue weighted by atomic mass is 10.0. The molecule has 0 spiro atoms. The Hall–Kier alpha value is -3.15. The number of carbonyl (C=O) groups excluding carboxylic acids is 1. The van der Waals surface area contributed by atoms with Crippen molar-refractivity contribution in [2.75, 3.05) is 18.1 Å². The number of anilines is 1. The molecule has 1 unspecified atom stereocenters. The number of nitrogens with zero attached hydrogens (tertiary/aromatic N) is 3. The van der Waals surface area contributed by atoms with Crippen LogP contribution in [0.3, 0.4) is 0 Å². The van der Waals surface area contributed by atoms with Crippen LogP contribution in [0.15, 0.2) is 40.9 Å². The third-order valence-electron chi connectivity index (χ3n) is 5.25. The minimum atomic E-state index is -0.122. The number of carbonyl (C=O) groups is 1. The molecule has 1 amide bonds. The summed E-state index contributed by atoms with van der Waals surface area (Å²) in [5, 5.41) is 4.15. The monoisotopic (exact) mass is 391 g/mol. The van der Waals surface area contributed by atoms with Crippen LogP contribution in [-0.4, -0.2) is 29.2 Å². The van der Waals surface area contributed by atoms with Crippen molar-refractivity contribution in [3.8, 4) is 17.1 Å². The molecule has 2 aromatic carbocycles. The summed E-state index contributed by atoms with van der Waals surface area (Å²) in [5.41, 5.74) is 5.18. The maximum absolute atomic E-state index is 12.8. The van der Waals surface area contributed by atoms with Gasteiger partial charge in [-0.3, -0.25) is 4.79 Å². The first-order valence-corrected chi connectivity index (χ1v) is 9.92. The minimum Gasteiger partial charge on any atom is -0.493 e. The molecule has 0 aliphatic carbocycles. The molecule has 0 bridgehead atoms. The van der Waals surface area contributed by atoms with Crippen molar-refractivity contribution in [2.24, 2.45) is 0 Å². The van der Waals surface area contributed by atoms with Crippen molar-refractivity contribution < 1.29 is 14.1 Å². The number of hydrogen-bond donors (Lipinski definition) is 0. The third-order valence-corrected chi connectivity index (χ3v) is 5.25. The van der Waals surface area contributed by atoms with Crippen LogP contribution in [0.25, 0.3) is 11.4 Å². The summed E-state index contributed by atoms with van der Waals surface area (Å²) >= 11 is 0. The minimum absolute atomic E-state index is 0.0829.